The molecule has 152 valence electrons. The van der Waals surface area contributed by atoms with Crippen molar-refractivity contribution in [1.29, 1.82) is 0 Å². The summed E-state index contributed by atoms with van der Waals surface area (Å²) in [6, 6.07) is 20.5. The number of aryl methyl sites for hydroxylation is 1. The number of hydrogen-bond donors (Lipinski definition) is 0. The van der Waals surface area contributed by atoms with Crippen LogP contribution in [0.4, 0.5) is 11.4 Å². The van der Waals surface area contributed by atoms with Gasteiger partial charge in [-0.05, 0) is 40.8 Å². The molecule has 3 aromatic carbocycles. The lowest BCUT2D eigenvalue weighted by atomic mass is 9.55. The second-order valence-corrected chi connectivity index (χ2v) is 8.50. The highest BCUT2D eigenvalue weighted by Gasteiger charge is 2.61. The third-order valence-electron chi connectivity index (χ3n) is 7.08. The molecule has 3 aliphatic carbocycles. The number of benzene rings is 3. The standard InChI is InChI=1S/C25H18N2O4/c1-13-12-14(27(30)31)10-11-19(13)26-24(28)22-20-15-6-2-3-7-16(15)21(23(22)25(26)29)18-9-5-4-8-17(18)20/h2-12,20-23H,1H3. The monoisotopic (exact) mass is 410 g/mol. The van der Waals surface area contributed by atoms with E-state index < -0.39 is 16.8 Å². The van der Waals surface area contributed by atoms with E-state index >= 15 is 0 Å². The van der Waals surface area contributed by atoms with E-state index in [-0.39, 0.29) is 29.3 Å². The average molecular weight is 410 g/mol. The van der Waals surface area contributed by atoms with Crippen LogP contribution in [0.5, 0.6) is 0 Å². The Kier molecular flexibility index (Phi) is 3.55. The number of anilines is 1. The fraction of sp³-hybridized carbons (Fsp3) is 0.200. The molecule has 1 fully saturated rings. The zero-order chi connectivity index (χ0) is 21.4. The molecule has 0 spiro atoms. The number of carbonyl (C=O) groups is 2. The molecule has 4 aliphatic rings. The first kappa shape index (κ1) is 18.0. The van der Waals surface area contributed by atoms with Gasteiger partial charge in [-0.1, -0.05) is 48.5 Å². The molecule has 2 amide bonds. The van der Waals surface area contributed by atoms with Crippen molar-refractivity contribution in [2.45, 2.75) is 18.8 Å². The number of nitro groups is 1. The Morgan fingerprint density at radius 3 is 1.61 bits per heavy atom. The molecule has 1 aliphatic heterocycles. The zero-order valence-electron chi connectivity index (χ0n) is 16.7. The molecule has 6 nitrogen and oxygen atoms in total. The van der Waals surface area contributed by atoms with Crippen molar-refractivity contribution >= 4 is 23.2 Å². The van der Waals surface area contributed by atoms with Crippen molar-refractivity contribution in [3.05, 3.63) is 105 Å². The summed E-state index contributed by atoms with van der Waals surface area (Å²) >= 11 is 0. The van der Waals surface area contributed by atoms with Gasteiger partial charge in [0, 0.05) is 24.0 Å². The quantitative estimate of drug-likeness (QED) is 0.358. The van der Waals surface area contributed by atoms with Crippen LogP contribution in [-0.4, -0.2) is 16.7 Å². The summed E-state index contributed by atoms with van der Waals surface area (Å²) < 4.78 is 0. The highest BCUT2D eigenvalue weighted by Crippen LogP contribution is 2.61. The minimum atomic E-state index is -0.475. The maximum atomic E-state index is 13.7. The van der Waals surface area contributed by atoms with Crippen LogP contribution < -0.4 is 4.90 Å². The molecule has 0 saturated carbocycles. The predicted octanol–water partition coefficient (Wildman–Crippen LogP) is 4.30. The average Bonchev–Trinajstić information content (AvgIpc) is 3.04. The summed E-state index contributed by atoms with van der Waals surface area (Å²) in [6.07, 6.45) is 0. The summed E-state index contributed by atoms with van der Waals surface area (Å²) in [5, 5.41) is 11.1. The van der Waals surface area contributed by atoms with Gasteiger partial charge in [0.05, 0.1) is 22.4 Å². The van der Waals surface area contributed by atoms with Gasteiger partial charge in [-0.15, -0.1) is 0 Å². The summed E-state index contributed by atoms with van der Waals surface area (Å²) in [5.74, 6) is -1.69. The topological polar surface area (TPSA) is 80.5 Å². The number of imide groups is 1. The fourth-order valence-electron chi connectivity index (χ4n) is 5.92. The smallest absolute Gasteiger partial charge is 0.269 e. The Morgan fingerprint density at radius 1 is 0.774 bits per heavy atom. The minimum absolute atomic E-state index is 0.0577. The lowest BCUT2D eigenvalue weighted by Gasteiger charge is -2.45. The Labute approximate surface area is 178 Å². The van der Waals surface area contributed by atoms with Gasteiger partial charge in [-0.25, -0.2) is 4.90 Å². The van der Waals surface area contributed by atoms with E-state index in [9.17, 15) is 19.7 Å². The lowest BCUT2D eigenvalue weighted by Crippen LogP contribution is -2.41. The molecule has 2 unspecified atom stereocenters. The Balaban J connectivity index is 1.53. The third kappa shape index (κ3) is 2.22. The number of nitrogens with zero attached hydrogens (tertiary/aromatic N) is 2. The summed E-state index contributed by atoms with van der Waals surface area (Å²) in [5.41, 5.74) is 5.40. The summed E-state index contributed by atoms with van der Waals surface area (Å²) in [7, 11) is 0. The second-order valence-electron chi connectivity index (χ2n) is 8.50. The Bertz CT molecular complexity index is 1200. The van der Waals surface area contributed by atoms with E-state index in [0.29, 0.717) is 11.3 Å². The van der Waals surface area contributed by atoms with E-state index in [1.807, 2.05) is 24.3 Å². The molecule has 0 N–H and O–H groups in total. The number of non-ortho nitro benzene ring substituents is 1. The van der Waals surface area contributed by atoms with Gasteiger partial charge in [0.2, 0.25) is 11.8 Å². The molecule has 2 bridgehead atoms. The van der Waals surface area contributed by atoms with Gasteiger partial charge in [-0.2, -0.15) is 0 Å². The fourth-order valence-corrected chi connectivity index (χ4v) is 5.92. The van der Waals surface area contributed by atoms with Crippen molar-refractivity contribution in [2.75, 3.05) is 4.90 Å². The maximum absolute atomic E-state index is 13.7. The first-order chi connectivity index (χ1) is 15.0. The SMILES string of the molecule is Cc1cc([N+](=O)[O-])ccc1N1C(=O)C2C3c4ccccc4C(c4ccccc43)C2C1=O. The number of rotatable bonds is 2. The molecule has 7 rings (SSSR count). The van der Waals surface area contributed by atoms with Crippen LogP contribution >= 0.6 is 0 Å². The van der Waals surface area contributed by atoms with Crippen LogP contribution in [0.2, 0.25) is 0 Å². The van der Waals surface area contributed by atoms with Crippen molar-refractivity contribution in [1.82, 2.24) is 0 Å². The number of nitro benzene ring substituents is 1. The van der Waals surface area contributed by atoms with E-state index in [4.69, 9.17) is 0 Å². The maximum Gasteiger partial charge on any atom is 0.269 e. The first-order valence-electron chi connectivity index (χ1n) is 10.3. The zero-order valence-corrected chi connectivity index (χ0v) is 16.7. The van der Waals surface area contributed by atoms with E-state index in [2.05, 4.69) is 24.3 Å². The van der Waals surface area contributed by atoms with Crippen LogP contribution in [-0.2, 0) is 9.59 Å². The Morgan fingerprint density at radius 2 is 1.23 bits per heavy atom. The van der Waals surface area contributed by atoms with Crippen LogP contribution in [0.25, 0.3) is 0 Å². The molecule has 3 aromatic rings. The number of hydrogen-bond acceptors (Lipinski definition) is 4. The first-order valence-corrected chi connectivity index (χ1v) is 10.3. The van der Waals surface area contributed by atoms with Gasteiger partial charge >= 0.3 is 0 Å². The van der Waals surface area contributed by atoms with Gasteiger partial charge in [-0.3, -0.25) is 19.7 Å². The number of carbonyl (C=O) groups excluding carboxylic acids is 2. The van der Waals surface area contributed by atoms with Crippen molar-refractivity contribution < 1.29 is 14.5 Å². The van der Waals surface area contributed by atoms with E-state index in [1.165, 1.54) is 23.1 Å². The van der Waals surface area contributed by atoms with Crippen LogP contribution in [0.1, 0.15) is 39.7 Å². The lowest BCUT2D eigenvalue weighted by molar-refractivity contribution is -0.384. The van der Waals surface area contributed by atoms with Gasteiger partial charge in [0.1, 0.15) is 0 Å². The minimum Gasteiger partial charge on any atom is -0.274 e. The Hall–Kier alpha value is -3.80. The summed E-state index contributed by atoms with van der Waals surface area (Å²) in [6.45, 7) is 1.70. The molecule has 1 saturated heterocycles. The molecule has 1 heterocycles. The van der Waals surface area contributed by atoms with Crippen molar-refractivity contribution in [3.63, 3.8) is 0 Å². The summed E-state index contributed by atoms with van der Waals surface area (Å²) in [4.78, 5) is 39.3. The van der Waals surface area contributed by atoms with E-state index in [0.717, 1.165) is 22.3 Å². The van der Waals surface area contributed by atoms with Gasteiger partial charge in [0.25, 0.3) is 5.69 Å². The van der Waals surface area contributed by atoms with Crippen LogP contribution in [0.3, 0.4) is 0 Å². The number of amides is 2. The van der Waals surface area contributed by atoms with Crippen molar-refractivity contribution in [2.24, 2.45) is 11.8 Å². The van der Waals surface area contributed by atoms with Crippen molar-refractivity contribution in [3.8, 4) is 0 Å². The molecule has 0 aromatic heterocycles. The van der Waals surface area contributed by atoms with Crippen LogP contribution in [0.15, 0.2) is 66.7 Å². The molecule has 6 heteroatoms. The largest absolute Gasteiger partial charge is 0.274 e. The van der Waals surface area contributed by atoms with E-state index in [1.54, 1.807) is 6.92 Å². The molecular weight excluding hydrogens is 392 g/mol. The van der Waals surface area contributed by atoms with Gasteiger partial charge in [0.15, 0.2) is 0 Å². The second kappa shape index (κ2) is 6.11. The normalized spacial score (nSPS) is 25.3. The molecular formula is C25H18N2O4. The molecule has 2 atom stereocenters. The van der Waals surface area contributed by atoms with Gasteiger partial charge < -0.3 is 0 Å². The highest BCUT2D eigenvalue weighted by molar-refractivity contribution is 6.23. The predicted molar refractivity (Wildman–Crippen MR) is 114 cm³/mol. The highest BCUT2D eigenvalue weighted by atomic mass is 16.6. The molecule has 0 radical (unpaired) electrons. The molecule has 31 heavy (non-hydrogen) atoms. The van der Waals surface area contributed by atoms with Crippen LogP contribution in [0, 0.1) is 28.9 Å². The third-order valence-corrected chi connectivity index (χ3v) is 7.08.